The van der Waals surface area contributed by atoms with E-state index >= 15 is 0 Å². The number of alkyl halides is 1. The summed E-state index contributed by atoms with van der Waals surface area (Å²) in [6, 6.07) is 11.5. The maximum absolute atomic E-state index is 3.60. The average Bonchev–Trinajstić information content (AvgIpc) is 2.78. The lowest BCUT2D eigenvalue weighted by Gasteiger charge is -2.22. The first-order valence-corrected chi connectivity index (χ1v) is 7.98. The van der Waals surface area contributed by atoms with E-state index in [4.69, 9.17) is 0 Å². The van der Waals surface area contributed by atoms with Gasteiger partial charge in [-0.3, -0.25) is 4.90 Å². The molecule has 1 fully saturated rings. The van der Waals surface area contributed by atoms with Gasteiger partial charge in [-0.2, -0.15) is 0 Å². The normalized spacial score (nSPS) is 21.4. The fourth-order valence-electron chi connectivity index (χ4n) is 2.16. The maximum Gasteiger partial charge on any atom is 0.0193 e. The van der Waals surface area contributed by atoms with Crippen LogP contribution in [0.3, 0.4) is 0 Å². The van der Waals surface area contributed by atoms with Crippen LogP contribution in [0.15, 0.2) is 35.2 Å². The molecule has 1 aliphatic rings. The molecular weight excluding hydrogens is 282 g/mol. The number of thioether (sulfide) groups is 1. The van der Waals surface area contributed by atoms with Crippen LogP contribution in [-0.2, 0) is 0 Å². The zero-order valence-electron chi connectivity index (χ0n) is 9.44. The smallest absolute Gasteiger partial charge is 0.0193 e. The van der Waals surface area contributed by atoms with Crippen molar-refractivity contribution in [3.63, 3.8) is 0 Å². The summed E-state index contributed by atoms with van der Waals surface area (Å²) in [7, 11) is 0. The van der Waals surface area contributed by atoms with Crippen molar-refractivity contribution in [1.82, 2.24) is 4.90 Å². The van der Waals surface area contributed by atoms with E-state index in [1.807, 2.05) is 11.8 Å². The standard InChI is InChI=1S/C13H18BrNS/c14-11-12-5-4-8-15(12)9-10-16-13-6-2-1-3-7-13/h1-3,6-7,12H,4-5,8-11H2. The monoisotopic (exact) mass is 299 g/mol. The van der Waals surface area contributed by atoms with Crippen LogP contribution < -0.4 is 0 Å². The Bertz CT molecular complexity index is 304. The molecule has 0 bridgehead atoms. The second kappa shape index (κ2) is 6.67. The number of halogens is 1. The predicted molar refractivity (Wildman–Crippen MR) is 75.6 cm³/mol. The Kier molecular flexibility index (Phi) is 5.20. The third-order valence-corrected chi connectivity index (χ3v) is 4.81. The highest BCUT2D eigenvalue weighted by Crippen LogP contribution is 2.21. The summed E-state index contributed by atoms with van der Waals surface area (Å²) in [5, 5.41) is 1.13. The number of rotatable bonds is 5. The first-order valence-electron chi connectivity index (χ1n) is 5.88. The van der Waals surface area contributed by atoms with Crippen molar-refractivity contribution in [2.24, 2.45) is 0 Å². The van der Waals surface area contributed by atoms with Crippen LogP contribution in [0.2, 0.25) is 0 Å². The van der Waals surface area contributed by atoms with E-state index in [0.29, 0.717) is 0 Å². The minimum absolute atomic E-state index is 0.774. The van der Waals surface area contributed by atoms with Crippen molar-refractivity contribution in [2.75, 3.05) is 24.2 Å². The Labute approximate surface area is 111 Å². The molecule has 88 valence electrons. The second-order valence-corrected chi connectivity index (χ2v) is 5.96. The second-order valence-electron chi connectivity index (χ2n) is 4.15. The topological polar surface area (TPSA) is 3.24 Å². The van der Waals surface area contributed by atoms with Crippen molar-refractivity contribution < 1.29 is 0 Å². The molecule has 1 aliphatic heterocycles. The zero-order chi connectivity index (χ0) is 11.2. The van der Waals surface area contributed by atoms with E-state index in [1.54, 1.807) is 0 Å². The van der Waals surface area contributed by atoms with Crippen molar-refractivity contribution in [3.8, 4) is 0 Å². The highest BCUT2D eigenvalue weighted by atomic mass is 79.9. The minimum atomic E-state index is 0.774. The summed E-state index contributed by atoms with van der Waals surface area (Å²) in [6.07, 6.45) is 2.73. The van der Waals surface area contributed by atoms with Crippen molar-refractivity contribution in [3.05, 3.63) is 30.3 Å². The minimum Gasteiger partial charge on any atom is -0.299 e. The quantitative estimate of drug-likeness (QED) is 0.603. The first kappa shape index (κ1) is 12.5. The summed E-state index contributed by atoms with van der Waals surface area (Å²) in [6.45, 7) is 2.50. The van der Waals surface area contributed by atoms with E-state index in [0.717, 1.165) is 11.4 Å². The Morgan fingerprint density at radius 3 is 2.88 bits per heavy atom. The number of nitrogens with zero attached hydrogens (tertiary/aromatic N) is 1. The molecule has 0 spiro atoms. The van der Waals surface area contributed by atoms with Gasteiger partial charge in [0.1, 0.15) is 0 Å². The number of benzene rings is 1. The van der Waals surface area contributed by atoms with Gasteiger partial charge in [0, 0.05) is 28.6 Å². The maximum atomic E-state index is 3.60. The number of hydrogen-bond donors (Lipinski definition) is 0. The molecule has 0 radical (unpaired) electrons. The summed E-state index contributed by atoms with van der Waals surface area (Å²) < 4.78 is 0. The molecule has 0 saturated carbocycles. The van der Waals surface area contributed by atoms with Gasteiger partial charge in [-0.15, -0.1) is 11.8 Å². The van der Waals surface area contributed by atoms with Crippen LogP contribution in [0.4, 0.5) is 0 Å². The van der Waals surface area contributed by atoms with Crippen LogP contribution in [-0.4, -0.2) is 35.1 Å². The lowest BCUT2D eigenvalue weighted by Crippen LogP contribution is -2.32. The molecule has 1 saturated heterocycles. The Morgan fingerprint density at radius 1 is 1.31 bits per heavy atom. The van der Waals surface area contributed by atoms with Gasteiger partial charge in [0.15, 0.2) is 0 Å². The van der Waals surface area contributed by atoms with E-state index in [1.165, 1.54) is 36.6 Å². The van der Waals surface area contributed by atoms with Crippen LogP contribution >= 0.6 is 27.7 Å². The number of likely N-dealkylation sites (tertiary alicyclic amines) is 1. The van der Waals surface area contributed by atoms with Crippen LogP contribution in [0.1, 0.15) is 12.8 Å². The van der Waals surface area contributed by atoms with Crippen molar-refractivity contribution >= 4 is 27.7 Å². The highest BCUT2D eigenvalue weighted by Gasteiger charge is 2.22. The van der Waals surface area contributed by atoms with Gasteiger partial charge in [0.25, 0.3) is 0 Å². The summed E-state index contributed by atoms with van der Waals surface area (Å²) in [4.78, 5) is 4.00. The highest BCUT2D eigenvalue weighted by molar-refractivity contribution is 9.09. The Morgan fingerprint density at radius 2 is 2.12 bits per heavy atom. The molecule has 1 heterocycles. The largest absolute Gasteiger partial charge is 0.299 e. The fourth-order valence-corrected chi connectivity index (χ4v) is 3.81. The van der Waals surface area contributed by atoms with Crippen LogP contribution in [0.5, 0.6) is 0 Å². The predicted octanol–water partition coefficient (Wildman–Crippen LogP) is 3.64. The fraction of sp³-hybridized carbons (Fsp3) is 0.538. The molecule has 1 aromatic rings. The van der Waals surface area contributed by atoms with E-state index in [9.17, 15) is 0 Å². The molecule has 0 aromatic heterocycles. The Hall–Kier alpha value is 0.0100. The van der Waals surface area contributed by atoms with Gasteiger partial charge >= 0.3 is 0 Å². The third kappa shape index (κ3) is 3.51. The van der Waals surface area contributed by atoms with E-state index in [2.05, 4.69) is 51.2 Å². The molecule has 1 aromatic carbocycles. The SMILES string of the molecule is BrCC1CCCN1CCSc1ccccc1. The molecular formula is C13H18BrNS. The molecule has 3 heteroatoms. The molecule has 1 atom stereocenters. The third-order valence-electron chi connectivity index (χ3n) is 3.07. The summed E-state index contributed by atoms with van der Waals surface area (Å²) in [5.74, 6) is 1.20. The molecule has 16 heavy (non-hydrogen) atoms. The van der Waals surface area contributed by atoms with Crippen LogP contribution in [0, 0.1) is 0 Å². The summed E-state index contributed by atoms with van der Waals surface area (Å²) >= 11 is 5.57. The molecule has 2 rings (SSSR count). The average molecular weight is 300 g/mol. The molecule has 0 aliphatic carbocycles. The Balaban J connectivity index is 1.72. The van der Waals surface area contributed by atoms with Crippen LogP contribution in [0.25, 0.3) is 0 Å². The van der Waals surface area contributed by atoms with E-state index in [-0.39, 0.29) is 0 Å². The van der Waals surface area contributed by atoms with Gasteiger partial charge in [0.05, 0.1) is 0 Å². The van der Waals surface area contributed by atoms with Gasteiger partial charge in [-0.1, -0.05) is 34.1 Å². The summed E-state index contributed by atoms with van der Waals surface area (Å²) in [5.41, 5.74) is 0. The van der Waals surface area contributed by atoms with Crippen molar-refractivity contribution in [1.29, 1.82) is 0 Å². The van der Waals surface area contributed by atoms with Gasteiger partial charge in [-0.25, -0.2) is 0 Å². The molecule has 1 unspecified atom stereocenters. The molecule has 0 amide bonds. The molecule has 1 nitrogen and oxygen atoms in total. The molecule has 0 N–H and O–H groups in total. The van der Waals surface area contributed by atoms with E-state index < -0.39 is 0 Å². The zero-order valence-corrected chi connectivity index (χ0v) is 11.8. The van der Waals surface area contributed by atoms with Gasteiger partial charge < -0.3 is 0 Å². The lowest BCUT2D eigenvalue weighted by atomic mass is 10.2. The number of hydrogen-bond acceptors (Lipinski definition) is 2. The first-order chi connectivity index (χ1) is 7.90. The lowest BCUT2D eigenvalue weighted by molar-refractivity contribution is 0.291. The van der Waals surface area contributed by atoms with Gasteiger partial charge in [0.2, 0.25) is 0 Å². The van der Waals surface area contributed by atoms with Gasteiger partial charge in [-0.05, 0) is 31.5 Å². The van der Waals surface area contributed by atoms with Crippen molar-refractivity contribution in [2.45, 2.75) is 23.8 Å².